The van der Waals surface area contributed by atoms with Crippen LogP contribution in [0, 0.1) is 6.92 Å². The highest BCUT2D eigenvalue weighted by molar-refractivity contribution is 6.60. The summed E-state index contributed by atoms with van der Waals surface area (Å²) in [6.45, 7) is 9.64. The van der Waals surface area contributed by atoms with Gasteiger partial charge in [0.05, 0.1) is 5.69 Å². The molecule has 0 spiro atoms. The smallest absolute Gasteiger partial charge is 0.374 e. The van der Waals surface area contributed by atoms with Gasteiger partial charge < -0.3 is 23.9 Å². The van der Waals surface area contributed by atoms with Crippen LogP contribution in [-0.4, -0.2) is 47.3 Å². The summed E-state index contributed by atoms with van der Waals surface area (Å²) in [5.74, 6) is 0. The second-order valence-electron chi connectivity index (χ2n) is 5.67. The quantitative estimate of drug-likeness (QED) is 0.244. The van der Waals surface area contributed by atoms with Crippen molar-refractivity contribution >= 4 is 32.3 Å². The van der Waals surface area contributed by atoms with Crippen molar-refractivity contribution in [3.05, 3.63) is 23.8 Å². The van der Waals surface area contributed by atoms with E-state index in [0.29, 0.717) is 50.2 Å². The third kappa shape index (κ3) is 8.02. The molecule has 0 radical (unpaired) electrons. The first-order valence-corrected chi connectivity index (χ1v) is 11.1. The van der Waals surface area contributed by atoms with Gasteiger partial charge in [0.1, 0.15) is 0 Å². The van der Waals surface area contributed by atoms with Crippen molar-refractivity contribution in [1.29, 1.82) is 0 Å². The maximum absolute atomic E-state index is 12.1. The van der Waals surface area contributed by atoms with Gasteiger partial charge in [-0.25, -0.2) is 9.59 Å². The van der Waals surface area contributed by atoms with Crippen LogP contribution in [0.3, 0.4) is 0 Å². The molecule has 0 saturated heterocycles. The molecule has 27 heavy (non-hydrogen) atoms. The number of rotatable bonds is 12. The number of hydrogen-bond donors (Lipinski definition) is 2. The fraction of sp³-hybridized carbons (Fsp3) is 0.556. The molecule has 0 aliphatic carbocycles. The number of carbonyl (C=O) groups is 1. The van der Waals surface area contributed by atoms with E-state index in [2.05, 4.69) is 15.6 Å². The molecule has 150 valence electrons. The Labute approximate surface area is 161 Å². The second-order valence-corrected chi connectivity index (χ2v) is 8.40. The first kappa shape index (κ1) is 23.0. The largest absolute Gasteiger partial charge is 0.500 e. The van der Waals surface area contributed by atoms with Crippen molar-refractivity contribution in [3.8, 4) is 0 Å². The fourth-order valence-corrected chi connectivity index (χ4v) is 5.20. The zero-order chi connectivity index (χ0) is 20.1. The molecule has 2 N–H and O–H groups in total. The van der Waals surface area contributed by atoms with Crippen LogP contribution < -0.4 is 10.6 Å². The molecule has 8 nitrogen and oxygen atoms in total. The van der Waals surface area contributed by atoms with E-state index in [1.807, 2.05) is 27.7 Å². The number of hydrogen-bond acceptors (Lipinski definition) is 6. The van der Waals surface area contributed by atoms with Crippen LogP contribution in [0.2, 0.25) is 6.04 Å². The molecule has 1 aromatic rings. The number of aryl methyl sites for hydroxylation is 1. The monoisotopic (exact) mass is 395 g/mol. The molecular formula is C18H29N3O5Si. The van der Waals surface area contributed by atoms with Gasteiger partial charge in [0, 0.05) is 38.1 Å². The Morgan fingerprint density at radius 3 is 2.30 bits per heavy atom. The number of nitrogens with zero attached hydrogens (tertiary/aromatic N) is 1. The van der Waals surface area contributed by atoms with Gasteiger partial charge in [-0.15, -0.1) is 0 Å². The fourth-order valence-electron chi connectivity index (χ4n) is 2.58. The summed E-state index contributed by atoms with van der Waals surface area (Å²) < 4.78 is 17.4. The van der Waals surface area contributed by atoms with Gasteiger partial charge in [-0.1, -0.05) is 0 Å². The summed E-state index contributed by atoms with van der Waals surface area (Å²) in [6.07, 6.45) is 2.18. The van der Waals surface area contributed by atoms with Crippen molar-refractivity contribution in [2.75, 3.05) is 31.7 Å². The van der Waals surface area contributed by atoms with Gasteiger partial charge in [0.25, 0.3) is 0 Å². The Morgan fingerprint density at radius 2 is 1.78 bits per heavy atom. The summed E-state index contributed by atoms with van der Waals surface area (Å²) in [7, 11) is -2.68. The van der Waals surface area contributed by atoms with Crippen LogP contribution >= 0.6 is 0 Å². The van der Waals surface area contributed by atoms with E-state index < -0.39 is 8.80 Å². The van der Waals surface area contributed by atoms with Gasteiger partial charge in [-0.3, -0.25) is 0 Å². The number of urea groups is 1. The van der Waals surface area contributed by atoms with Gasteiger partial charge in [0.15, 0.2) is 0 Å². The SMILES string of the molecule is CCO[Si](CCCNC(=O)Nc1ccc(N=C=O)cc1C)(OCC)OCC. The minimum absolute atomic E-state index is 0.304. The van der Waals surface area contributed by atoms with Crippen LogP contribution in [0.25, 0.3) is 0 Å². The van der Waals surface area contributed by atoms with Crippen molar-refractivity contribution < 1.29 is 22.9 Å². The normalized spacial score (nSPS) is 11.0. The van der Waals surface area contributed by atoms with Crippen LogP contribution in [-0.2, 0) is 18.1 Å². The summed E-state index contributed by atoms with van der Waals surface area (Å²) in [5.41, 5.74) is 1.95. The first-order chi connectivity index (χ1) is 13.0. The summed E-state index contributed by atoms with van der Waals surface area (Å²) in [6, 6.07) is 5.37. The van der Waals surface area contributed by atoms with Crippen LogP contribution in [0.15, 0.2) is 23.2 Å². The average molecular weight is 396 g/mol. The number of aliphatic imine (C=N–C) groups is 1. The summed E-state index contributed by atoms with van der Waals surface area (Å²) in [5, 5.41) is 5.60. The third-order valence-corrected chi connectivity index (χ3v) is 6.82. The van der Waals surface area contributed by atoms with Crippen molar-refractivity contribution in [2.45, 2.75) is 40.2 Å². The Kier molecular flexibility index (Phi) is 10.5. The van der Waals surface area contributed by atoms with Gasteiger partial charge >= 0.3 is 14.8 Å². The van der Waals surface area contributed by atoms with Crippen molar-refractivity contribution in [3.63, 3.8) is 0 Å². The van der Waals surface area contributed by atoms with E-state index in [0.717, 1.165) is 5.56 Å². The summed E-state index contributed by atoms with van der Waals surface area (Å²) in [4.78, 5) is 25.9. The first-order valence-electron chi connectivity index (χ1n) is 9.15. The lowest BCUT2D eigenvalue weighted by Gasteiger charge is -2.28. The number of nitrogens with one attached hydrogen (secondary N) is 2. The zero-order valence-corrected chi connectivity index (χ0v) is 17.5. The second kappa shape index (κ2) is 12.4. The Bertz CT molecular complexity index is 633. The molecule has 0 bridgehead atoms. The predicted octanol–water partition coefficient (Wildman–Crippen LogP) is 3.52. The Balaban J connectivity index is 2.51. The maximum atomic E-state index is 12.1. The van der Waals surface area contributed by atoms with Crippen molar-refractivity contribution in [1.82, 2.24) is 5.32 Å². The number of anilines is 1. The molecule has 1 aromatic carbocycles. The number of benzene rings is 1. The lowest BCUT2D eigenvalue weighted by atomic mass is 10.2. The van der Waals surface area contributed by atoms with E-state index in [1.165, 1.54) is 6.08 Å². The molecular weight excluding hydrogens is 366 g/mol. The molecule has 0 aliphatic rings. The Morgan fingerprint density at radius 1 is 1.15 bits per heavy atom. The van der Waals surface area contributed by atoms with Gasteiger partial charge in [-0.05, 0) is 57.9 Å². The number of isocyanates is 1. The molecule has 1 rings (SSSR count). The molecule has 0 atom stereocenters. The molecule has 0 saturated carbocycles. The zero-order valence-electron chi connectivity index (χ0n) is 16.5. The van der Waals surface area contributed by atoms with Crippen molar-refractivity contribution in [2.24, 2.45) is 4.99 Å². The van der Waals surface area contributed by atoms with Gasteiger partial charge in [0.2, 0.25) is 6.08 Å². The molecule has 9 heteroatoms. The van der Waals surface area contributed by atoms with Gasteiger partial charge in [-0.2, -0.15) is 4.99 Å². The molecule has 0 aliphatic heterocycles. The predicted molar refractivity (Wildman–Crippen MR) is 106 cm³/mol. The van der Waals surface area contributed by atoms with E-state index in [1.54, 1.807) is 18.2 Å². The molecule has 0 fully saturated rings. The summed E-state index contributed by atoms with van der Waals surface area (Å²) >= 11 is 0. The Hall–Kier alpha value is -2.03. The number of amides is 2. The van der Waals surface area contributed by atoms with E-state index in [4.69, 9.17) is 13.3 Å². The lowest BCUT2D eigenvalue weighted by molar-refractivity contribution is 0.0708. The third-order valence-electron chi connectivity index (χ3n) is 3.67. The minimum Gasteiger partial charge on any atom is -0.374 e. The van der Waals surface area contributed by atoms with E-state index in [-0.39, 0.29) is 6.03 Å². The van der Waals surface area contributed by atoms with Crippen LogP contribution in [0.5, 0.6) is 0 Å². The molecule has 0 unspecified atom stereocenters. The van der Waals surface area contributed by atoms with E-state index >= 15 is 0 Å². The molecule has 0 heterocycles. The standard InChI is InChI=1S/C18H29N3O5Si/c1-5-24-27(25-6-2,26-7-3)12-8-11-19-18(23)21-17-10-9-16(20-14-22)13-15(17)4/h9-10,13H,5-8,11-12H2,1-4H3,(H2,19,21,23). The highest BCUT2D eigenvalue weighted by Crippen LogP contribution is 2.21. The minimum atomic E-state index is -2.68. The lowest BCUT2D eigenvalue weighted by Crippen LogP contribution is -2.46. The maximum Gasteiger partial charge on any atom is 0.500 e. The highest BCUT2D eigenvalue weighted by atomic mass is 28.4. The topological polar surface area (TPSA) is 98.2 Å². The molecule has 0 aromatic heterocycles. The van der Waals surface area contributed by atoms with E-state index in [9.17, 15) is 9.59 Å². The van der Waals surface area contributed by atoms with Crippen LogP contribution in [0.1, 0.15) is 32.8 Å². The average Bonchev–Trinajstić information content (AvgIpc) is 2.62. The number of carbonyl (C=O) groups excluding carboxylic acids is 2. The van der Waals surface area contributed by atoms with Crippen LogP contribution in [0.4, 0.5) is 16.2 Å². The highest BCUT2D eigenvalue weighted by Gasteiger charge is 2.39. The molecule has 2 amide bonds.